The summed E-state index contributed by atoms with van der Waals surface area (Å²) >= 11 is 6.35. The Hall–Kier alpha value is -2.20. The molecule has 1 heterocycles. The second-order valence-corrected chi connectivity index (χ2v) is 8.25. The highest BCUT2D eigenvalue weighted by Gasteiger charge is 2.45. The van der Waals surface area contributed by atoms with E-state index in [1.807, 2.05) is 24.3 Å². The van der Waals surface area contributed by atoms with Gasteiger partial charge < -0.3 is 5.32 Å². The Kier molecular flexibility index (Phi) is 4.11. The van der Waals surface area contributed by atoms with Gasteiger partial charge in [0.25, 0.3) is 0 Å². The van der Waals surface area contributed by atoms with Crippen molar-refractivity contribution < 1.29 is 9.18 Å². The molecule has 2 aliphatic rings. The molecule has 0 aromatic heterocycles. The fourth-order valence-corrected chi connectivity index (χ4v) is 4.34. The molecule has 1 saturated carbocycles. The minimum absolute atomic E-state index is 0.0737. The maximum absolute atomic E-state index is 14.7. The first-order chi connectivity index (χ1) is 12.4. The van der Waals surface area contributed by atoms with Gasteiger partial charge in [-0.3, -0.25) is 9.79 Å². The van der Waals surface area contributed by atoms with Crippen LogP contribution < -0.4 is 5.32 Å². The van der Waals surface area contributed by atoms with E-state index in [0.29, 0.717) is 23.4 Å². The Bertz CT molecular complexity index is 902. The Morgan fingerprint density at radius 2 is 1.92 bits per heavy atom. The van der Waals surface area contributed by atoms with Crippen LogP contribution >= 0.6 is 11.6 Å². The number of halogens is 2. The lowest BCUT2D eigenvalue weighted by molar-refractivity contribution is -0.124. The maximum atomic E-state index is 14.7. The lowest BCUT2D eigenvalue weighted by atomic mass is 9.68. The van der Waals surface area contributed by atoms with Gasteiger partial charge in [-0.15, -0.1) is 0 Å². The van der Waals surface area contributed by atoms with Crippen LogP contribution in [0.1, 0.15) is 38.3 Å². The van der Waals surface area contributed by atoms with Gasteiger partial charge in [-0.05, 0) is 36.1 Å². The maximum Gasteiger partial charge on any atom is 0.144 e. The average Bonchev–Trinajstić information content (AvgIpc) is 2.70. The van der Waals surface area contributed by atoms with Gasteiger partial charge in [-0.25, -0.2) is 4.39 Å². The number of benzene rings is 2. The molecule has 0 radical (unpaired) electrons. The molecule has 1 aliphatic heterocycles. The second kappa shape index (κ2) is 6.20. The number of para-hydroxylation sites is 2. The predicted molar refractivity (Wildman–Crippen MR) is 103 cm³/mol. The smallest absolute Gasteiger partial charge is 0.144 e. The van der Waals surface area contributed by atoms with E-state index in [9.17, 15) is 9.18 Å². The molecule has 5 heteroatoms. The van der Waals surface area contributed by atoms with E-state index in [4.69, 9.17) is 16.6 Å². The van der Waals surface area contributed by atoms with Gasteiger partial charge in [0.05, 0.1) is 23.3 Å². The van der Waals surface area contributed by atoms with Gasteiger partial charge in [-0.1, -0.05) is 43.6 Å². The van der Waals surface area contributed by atoms with Crippen molar-refractivity contribution in [3.05, 3.63) is 58.9 Å². The Morgan fingerprint density at radius 1 is 1.15 bits per heavy atom. The van der Waals surface area contributed by atoms with E-state index in [-0.39, 0.29) is 11.2 Å². The molecule has 3 nitrogen and oxygen atoms in total. The summed E-state index contributed by atoms with van der Waals surface area (Å²) in [6.45, 7) is 4.14. The summed E-state index contributed by atoms with van der Waals surface area (Å²) in [7, 11) is 0. The summed E-state index contributed by atoms with van der Waals surface area (Å²) in [4.78, 5) is 17.9. The summed E-state index contributed by atoms with van der Waals surface area (Å²) in [5.41, 5.74) is 2.52. The number of nitrogens with zero attached hydrogens (tertiary/aromatic N) is 1. The van der Waals surface area contributed by atoms with Gasteiger partial charge in [0.15, 0.2) is 0 Å². The van der Waals surface area contributed by atoms with Crippen LogP contribution in [-0.2, 0) is 4.79 Å². The third kappa shape index (κ3) is 2.92. The lowest BCUT2D eigenvalue weighted by Crippen LogP contribution is -2.42. The molecule has 2 aromatic carbocycles. The van der Waals surface area contributed by atoms with E-state index < -0.39 is 17.8 Å². The minimum Gasteiger partial charge on any atom is -0.375 e. The van der Waals surface area contributed by atoms with Gasteiger partial charge in [0.2, 0.25) is 0 Å². The van der Waals surface area contributed by atoms with Crippen LogP contribution in [0, 0.1) is 17.2 Å². The van der Waals surface area contributed by atoms with Crippen LogP contribution in [0.2, 0.25) is 5.02 Å². The average molecular weight is 371 g/mol. The van der Waals surface area contributed by atoms with Crippen molar-refractivity contribution in [2.24, 2.45) is 16.3 Å². The number of hydrogen-bond acceptors (Lipinski definition) is 3. The number of carbonyl (C=O) groups excluding carboxylic acids is 1. The molecule has 1 N–H and O–H groups in total. The Balaban J connectivity index is 1.92. The third-order valence-corrected chi connectivity index (χ3v) is 5.47. The van der Waals surface area contributed by atoms with E-state index >= 15 is 0 Å². The molecule has 1 unspecified atom stereocenters. The summed E-state index contributed by atoms with van der Waals surface area (Å²) in [5.74, 6) is -0.860. The summed E-state index contributed by atoms with van der Waals surface area (Å²) < 4.78 is 14.7. The van der Waals surface area contributed by atoms with Crippen LogP contribution in [0.3, 0.4) is 0 Å². The molecule has 0 spiro atoms. The predicted octanol–water partition coefficient (Wildman–Crippen LogP) is 5.72. The van der Waals surface area contributed by atoms with Crippen LogP contribution in [0.4, 0.5) is 15.8 Å². The van der Waals surface area contributed by atoms with E-state index in [1.54, 1.807) is 12.1 Å². The monoisotopic (exact) mass is 370 g/mol. The zero-order valence-corrected chi connectivity index (χ0v) is 15.5. The summed E-state index contributed by atoms with van der Waals surface area (Å²) in [6, 6.07) is 11.7. The minimum atomic E-state index is -0.574. The number of nitrogens with one attached hydrogen (secondary N) is 1. The highest BCUT2D eigenvalue weighted by Crippen LogP contribution is 2.46. The number of Topliss-reactive ketones (excluding diaryl/α,β-unsaturated/α-hetero) is 1. The molecule has 26 heavy (non-hydrogen) atoms. The lowest BCUT2D eigenvalue weighted by Gasteiger charge is -2.37. The van der Waals surface area contributed by atoms with Crippen molar-refractivity contribution in [1.29, 1.82) is 0 Å². The second-order valence-electron chi connectivity index (χ2n) is 7.84. The van der Waals surface area contributed by atoms with E-state index in [2.05, 4.69) is 19.2 Å². The third-order valence-electron chi connectivity index (χ3n) is 5.14. The number of anilines is 1. The standard InChI is InChI=1S/C21H20ClFN2O/c1-21(2)10-16-19(17(26)11-21)20(18-12(22)6-5-7-13(18)23)25-15-9-4-3-8-14(15)24-16/h3-9,19-20,25H,10-11H2,1-2H3/t19?,20-/m1/s1. The molecule has 1 aliphatic carbocycles. The zero-order valence-electron chi connectivity index (χ0n) is 14.7. The fourth-order valence-electron chi connectivity index (χ4n) is 4.06. The van der Waals surface area contributed by atoms with Gasteiger partial charge in [-0.2, -0.15) is 0 Å². The Labute approximate surface area is 157 Å². The molecule has 134 valence electrons. The molecule has 0 bridgehead atoms. The molecule has 2 aromatic rings. The van der Waals surface area contributed by atoms with Gasteiger partial charge in [0, 0.05) is 22.7 Å². The summed E-state index contributed by atoms with van der Waals surface area (Å²) in [5, 5.41) is 3.67. The quantitative estimate of drug-likeness (QED) is 0.697. The number of hydrogen-bond donors (Lipinski definition) is 1. The van der Waals surface area contributed by atoms with E-state index in [0.717, 1.165) is 17.1 Å². The molecule has 0 amide bonds. The van der Waals surface area contributed by atoms with Crippen molar-refractivity contribution in [3.63, 3.8) is 0 Å². The highest BCUT2D eigenvalue weighted by atomic mass is 35.5. The first-order valence-electron chi connectivity index (χ1n) is 8.75. The van der Waals surface area contributed by atoms with Crippen LogP contribution in [0.25, 0.3) is 0 Å². The topological polar surface area (TPSA) is 41.5 Å². The molecular weight excluding hydrogens is 351 g/mol. The van der Waals surface area contributed by atoms with Crippen LogP contribution in [0.15, 0.2) is 47.5 Å². The number of carbonyl (C=O) groups is 1. The highest BCUT2D eigenvalue weighted by molar-refractivity contribution is 6.31. The van der Waals surface area contributed by atoms with Gasteiger partial charge >= 0.3 is 0 Å². The van der Waals surface area contributed by atoms with Crippen molar-refractivity contribution in [1.82, 2.24) is 0 Å². The molecule has 4 rings (SSSR count). The van der Waals surface area contributed by atoms with Crippen molar-refractivity contribution in [2.45, 2.75) is 32.7 Å². The fraction of sp³-hybridized carbons (Fsp3) is 0.333. The van der Waals surface area contributed by atoms with Crippen LogP contribution in [-0.4, -0.2) is 11.5 Å². The Morgan fingerprint density at radius 3 is 2.69 bits per heavy atom. The number of fused-ring (bicyclic) bond motifs is 2. The van der Waals surface area contributed by atoms with Crippen LogP contribution in [0.5, 0.6) is 0 Å². The molecular formula is C21H20ClFN2O. The van der Waals surface area contributed by atoms with Crippen molar-refractivity contribution in [3.8, 4) is 0 Å². The molecule has 2 atom stereocenters. The normalized spacial score (nSPS) is 24.0. The van der Waals surface area contributed by atoms with E-state index in [1.165, 1.54) is 6.07 Å². The first kappa shape index (κ1) is 17.2. The number of aliphatic imine (C=N–C) groups is 1. The largest absolute Gasteiger partial charge is 0.375 e. The SMILES string of the molecule is CC1(C)CC(=O)C2C(=Nc3ccccc3N[C@@H]2c2c(F)cccc2Cl)C1. The van der Waals surface area contributed by atoms with Crippen molar-refractivity contribution >= 4 is 34.5 Å². The number of rotatable bonds is 1. The molecule has 1 fully saturated rings. The summed E-state index contributed by atoms with van der Waals surface area (Å²) in [6.07, 6.45) is 1.14. The number of ketones is 1. The van der Waals surface area contributed by atoms with Crippen molar-refractivity contribution in [2.75, 3.05) is 5.32 Å². The van der Waals surface area contributed by atoms with Gasteiger partial charge in [0.1, 0.15) is 11.6 Å². The zero-order chi connectivity index (χ0) is 18.5. The first-order valence-corrected chi connectivity index (χ1v) is 9.13. The molecule has 0 saturated heterocycles.